The maximum atomic E-state index is 6.92. The molecule has 9 aromatic carbocycles. The van der Waals surface area contributed by atoms with Gasteiger partial charge in [0.25, 0.3) is 0 Å². The molecule has 7 heteroatoms. The fourth-order valence-electron chi connectivity index (χ4n) is 10.7. The molecule has 0 radical (unpaired) electrons. The summed E-state index contributed by atoms with van der Waals surface area (Å²) in [6.07, 6.45) is 1.89. The van der Waals surface area contributed by atoms with Crippen LogP contribution in [0.1, 0.15) is 11.1 Å². The fourth-order valence-corrected chi connectivity index (χ4v) is 11.8. The molecule has 5 aromatic heterocycles. The molecule has 0 saturated heterocycles. The van der Waals surface area contributed by atoms with Gasteiger partial charge in [0.2, 0.25) is 0 Å². The number of pyridine rings is 1. The third-order valence-electron chi connectivity index (χ3n) is 13.8. The maximum absolute atomic E-state index is 6.92. The van der Waals surface area contributed by atoms with Crippen molar-refractivity contribution in [3.8, 4) is 50.9 Å². The first kappa shape index (κ1) is 39.8. The van der Waals surface area contributed by atoms with E-state index in [1.165, 1.54) is 38.1 Å². The number of hydrogen-bond donors (Lipinski definition) is 0. The third-order valence-corrected chi connectivity index (χ3v) is 14.8. The van der Waals surface area contributed by atoms with E-state index in [4.69, 9.17) is 9.72 Å². The summed E-state index contributed by atoms with van der Waals surface area (Å²) in [6, 6.07) is 76.8. The van der Waals surface area contributed by atoms with Crippen LogP contribution in [0.5, 0.6) is 11.5 Å². The van der Waals surface area contributed by atoms with E-state index >= 15 is 0 Å². The minimum atomic E-state index is 0.596. The van der Waals surface area contributed by atoms with Gasteiger partial charge in [-0.1, -0.05) is 36.4 Å². The molecule has 0 spiro atoms. The minimum Gasteiger partial charge on any atom is 0.0620 e. The van der Waals surface area contributed by atoms with Crippen LogP contribution in [0.4, 0.5) is 0 Å². The standard InChI is InChI=1S/C62H39N5O.Pt/c1-39-31-32-63-60(33-39)66-56-35-44(29-30-48(56)51-36-52-50-23-14-22-49-47-19-9-10-24-53(47)67(62(49)50)58(52)37-57(51)66)68-59-34-43(28-27-40(59)2)64-38-65(55-26-12-11-25-54(55)64)61-45(41-15-5-3-6-16-41)20-13-21-46(61)42-17-7-4-8-18-42;/h3-33,36-37H,1-2H3;/q-2;. The Balaban J connectivity index is 0.939. The molecule has 0 amide bonds. The third kappa shape index (κ3) is 6.02. The van der Waals surface area contributed by atoms with E-state index in [9.17, 15) is 0 Å². The van der Waals surface area contributed by atoms with Gasteiger partial charge >= 0.3 is 301 Å². The van der Waals surface area contributed by atoms with Gasteiger partial charge in [-0.05, 0) is 24.6 Å². The molecule has 0 atom stereocenters. The van der Waals surface area contributed by atoms with E-state index in [-0.39, 0.29) is 0 Å². The zero-order valence-electron chi connectivity index (χ0n) is 37.5. The van der Waals surface area contributed by atoms with Gasteiger partial charge in [0.05, 0.1) is 16.6 Å². The second-order valence-corrected chi connectivity index (χ2v) is 18.9. The van der Waals surface area contributed by atoms with Crippen molar-refractivity contribution in [2.75, 3.05) is 0 Å². The normalized spacial score (nSPS) is 12.0. The summed E-state index contributed by atoms with van der Waals surface area (Å²) in [5.74, 6) is 2.06. The van der Waals surface area contributed by atoms with Crippen LogP contribution in [0.3, 0.4) is 0 Å². The van der Waals surface area contributed by atoms with Crippen LogP contribution in [-0.2, 0) is 19.4 Å². The van der Waals surface area contributed by atoms with Crippen molar-refractivity contribution in [2.45, 2.75) is 13.8 Å². The van der Waals surface area contributed by atoms with Crippen LogP contribution in [0.15, 0.2) is 200 Å². The molecule has 0 unspecified atom stereocenters. The van der Waals surface area contributed by atoms with E-state index in [0.29, 0.717) is 11.5 Å². The molecule has 0 aliphatic heterocycles. The predicted molar refractivity (Wildman–Crippen MR) is 277 cm³/mol. The Hall–Kier alpha value is -8.31. The summed E-state index contributed by atoms with van der Waals surface area (Å²) in [5, 5.41) is 7.22. The van der Waals surface area contributed by atoms with Crippen LogP contribution in [0, 0.1) is 29.8 Å². The number of fused-ring (bicyclic) bond motifs is 10. The minimum absolute atomic E-state index is 0.596. The number of aromatic nitrogens is 5. The molecular weight excluding hydrogens is 1030 g/mol. The molecule has 14 aromatic rings. The van der Waals surface area contributed by atoms with Crippen molar-refractivity contribution in [3.05, 3.63) is 227 Å². The van der Waals surface area contributed by atoms with Gasteiger partial charge in [0.15, 0.2) is 0 Å². The zero-order valence-corrected chi connectivity index (χ0v) is 39.8. The van der Waals surface area contributed by atoms with E-state index in [0.717, 1.165) is 87.2 Å². The Labute approximate surface area is 407 Å². The molecule has 0 fully saturated rings. The molecule has 69 heavy (non-hydrogen) atoms. The van der Waals surface area contributed by atoms with Gasteiger partial charge in [0.1, 0.15) is 0 Å². The van der Waals surface area contributed by atoms with Crippen molar-refractivity contribution in [2.24, 2.45) is 0 Å². The number of rotatable bonds is 7. The van der Waals surface area contributed by atoms with Crippen LogP contribution < -0.4 is 4.74 Å². The van der Waals surface area contributed by atoms with E-state index in [2.05, 4.69) is 245 Å². The molecule has 0 saturated carbocycles. The Bertz CT molecular complexity index is 4390. The number of nitrogens with zero attached hydrogens (tertiary/aromatic N) is 5. The quantitative estimate of drug-likeness (QED) is 0.149. The number of benzene rings is 9. The molecule has 330 valence electrons. The first-order valence-corrected chi connectivity index (χ1v) is 24.3. The smallest absolute Gasteiger partial charge is 0.0620 e. The Kier molecular flexibility index (Phi) is 8.86. The summed E-state index contributed by atoms with van der Waals surface area (Å²) >= 11 is 2.49. The van der Waals surface area contributed by atoms with Crippen LogP contribution in [0.2, 0.25) is 0 Å². The monoisotopic (exact) mass is 1060 g/mol. The van der Waals surface area contributed by atoms with Crippen molar-refractivity contribution in [3.63, 3.8) is 0 Å². The number of imidazole rings is 1. The fraction of sp³-hybridized carbons (Fsp3) is 0.0323. The average Bonchev–Trinajstić information content (AvgIpc) is 4.10. The van der Waals surface area contributed by atoms with Gasteiger partial charge in [-0.15, -0.1) is 0 Å². The molecule has 6 nitrogen and oxygen atoms in total. The molecular formula is C62H39N5OPt-2. The van der Waals surface area contributed by atoms with E-state index in [1.807, 2.05) is 18.3 Å². The van der Waals surface area contributed by atoms with E-state index < -0.39 is 0 Å². The second kappa shape index (κ2) is 15.4. The average molecular weight is 1070 g/mol. The SMILES string of the molecule is Cc1ccnc(-n2c3[c-]c(Oc4[c-]c(-n5[c](=[Pt])n(-c6c(-c7ccccc7)cccc6-c6ccccc6)c6ccccc65)ccc4C)ccc3c3cc4c5cccc6c7ccccc7n(c4cc32)c65)c1. The van der Waals surface area contributed by atoms with Crippen LogP contribution in [0.25, 0.3) is 110 Å². The molecule has 14 rings (SSSR count). The Morgan fingerprint density at radius 2 is 1.12 bits per heavy atom. The molecule has 0 aliphatic carbocycles. The molecule has 0 N–H and O–H groups in total. The molecule has 0 bridgehead atoms. The molecule has 5 heterocycles. The molecule has 0 aliphatic rings. The van der Waals surface area contributed by atoms with Crippen LogP contribution >= 0.6 is 0 Å². The first-order valence-electron chi connectivity index (χ1n) is 23.1. The summed E-state index contributed by atoms with van der Waals surface area (Å²) in [6.45, 7) is 4.19. The summed E-state index contributed by atoms with van der Waals surface area (Å²) in [7, 11) is 0. The summed E-state index contributed by atoms with van der Waals surface area (Å²) in [4.78, 5) is 4.95. The first-order chi connectivity index (χ1) is 34.0. The van der Waals surface area contributed by atoms with Gasteiger partial charge in [-0.25, -0.2) is 0 Å². The van der Waals surface area contributed by atoms with Crippen LogP contribution in [-0.4, -0.2) is 23.1 Å². The van der Waals surface area contributed by atoms with Gasteiger partial charge in [-0.3, -0.25) is 0 Å². The predicted octanol–water partition coefficient (Wildman–Crippen LogP) is 15.5. The Morgan fingerprint density at radius 3 is 1.86 bits per heavy atom. The topological polar surface area (TPSA) is 41.3 Å². The number of ether oxygens (including phenoxy) is 1. The van der Waals surface area contributed by atoms with Crippen molar-refractivity contribution in [1.29, 1.82) is 0 Å². The van der Waals surface area contributed by atoms with Crippen molar-refractivity contribution in [1.82, 2.24) is 23.1 Å². The number of para-hydroxylation sites is 5. The van der Waals surface area contributed by atoms with E-state index in [1.54, 1.807) is 0 Å². The number of aryl methyl sites for hydroxylation is 2. The summed E-state index contributed by atoms with van der Waals surface area (Å²) < 4.78 is 17.3. The number of hydrogen-bond acceptors (Lipinski definition) is 2. The zero-order chi connectivity index (χ0) is 45.9. The van der Waals surface area contributed by atoms with Crippen molar-refractivity contribution >= 4 is 70.9 Å². The van der Waals surface area contributed by atoms with Crippen molar-refractivity contribution < 1.29 is 24.1 Å². The van der Waals surface area contributed by atoms with Gasteiger partial charge < -0.3 is 4.40 Å². The van der Waals surface area contributed by atoms with Gasteiger partial charge in [-0.2, -0.15) is 0 Å². The second-order valence-electron chi connectivity index (χ2n) is 17.8. The van der Waals surface area contributed by atoms with Gasteiger partial charge in [0, 0.05) is 27.7 Å². The summed E-state index contributed by atoms with van der Waals surface area (Å²) in [5.41, 5.74) is 16.4. The Morgan fingerprint density at radius 1 is 0.478 bits per heavy atom.